The van der Waals surface area contributed by atoms with Gasteiger partial charge in [0, 0.05) is 32.0 Å². The number of carbonyl (C=O) groups is 2. The first-order valence-corrected chi connectivity index (χ1v) is 17.4. The van der Waals surface area contributed by atoms with Gasteiger partial charge in [-0.25, -0.2) is 9.59 Å². The molecule has 0 saturated carbocycles. The standard InChI is InChI=1S/C13H20BrN3O2.C11H21NO5S.C3H3BrN2/c1-13(2,3)19-12(18)16-6-4-5-11(9-16)17-8-10(14)7-15-17;1-11(2,3)16-10(13)12-7-5-6-9(8-12)17-18(4,14)15;4-3-1-5-6-2-3/h7-8,11H,4-6,9H2,1-3H3;9H,5-8H2,1-4H3;1-2H,(H,5,6). The fourth-order valence-electron chi connectivity index (χ4n) is 4.17. The van der Waals surface area contributed by atoms with Gasteiger partial charge < -0.3 is 19.3 Å². The number of rotatable bonds is 3. The van der Waals surface area contributed by atoms with E-state index in [-0.39, 0.29) is 18.7 Å². The van der Waals surface area contributed by atoms with Crippen LogP contribution in [0.15, 0.2) is 33.7 Å². The zero-order valence-electron chi connectivity index (χ0n) is 25.9. The summed E-state index contributed by atoms with van der Waals surface area (Å²) < 4.78 is 41.5. The van der Waals surface area contributed by atoms with Crippen LogP contribution in [0, 0.1) is 0 Å². The Morgan fingerprint density at radius 2 is 1.47 bits per heavy atom. The number of hydrogen-bond donors (Lipinski definition) is 1. The summed E-state index contributed by atoms with van der Waals surface area (Å²) in [6.45, 7) is 13.3. The van der Waals surface area contributed by atoms with E-state index in [1.54, 1.807) is 44.3 Å². The van der Waals surface area contributed by atoms with Crippen LogP contribution in [0.1, 0.15) is 73.3 Å². The van der Waals surface area contributed by atoms with Gasteiger partial charge in [0.25, 0.3) is 10.1 Å². The van der Waals surface area contributed by atoms with Crippen molar-refractivity contribution in [2.75, 3.05) is 32.4 Å². The molecule has 244 valence electrons. The third-order valence-corrected chi connectivity index (χ3v) is 7.26. The fraction of sp³-hybridized carbons (Fsp3) is 0.704. The summed E-state index contributed by atoms with van der Waals surface area (Å²) in [4.78, 5) is 27.1. The Bertz CT molecular complexity index is 1260. The maximum absolute atomic E-state index is 12.1. The van der Waals surface area contributed by atoms with Crippen molar-refractivity contribution in [1.29, 1.82) is 0 Å². The molecule has 2 atom stereocenters. The van der Waals surface area contributed by atoms with Gasteiger partial charge in [-0.15, -0.1) is 0 Å². The Morgan fingerprint density at radius 3 is 1.88 bits per heavy atom. The molecule has 2 fully saturated rings. The fourth-order valence-corrected chi connectivity index (χ4v) is 5.33. The Labute approximate surface area is 271 Å². The van der Waals surface area contributed by atoms with Gasteiger partial charge in [-0.2, -0.15) is 18.6 Å². The summed E-state index contributed by atoms with van der Waals surface area (Å²) in [6.07, 6.45) is 10.4. The van der Waals surface area contributed by atoms with Crippen LogP contribution in [0.2, 0.25) is 0 Å². The molecule has 2 saturated heterocycles. The number of nitrogens with zero attached hydrogens (tertiary/aromatic N) is 5. The molecule has 0 aliphatic carbocycles. The molecule has 16 heteroatoms. The zero-order chi connectivity index (χ0) is 32.4. The summed E-state index contributed by atoms with van der Waals surface area (Å²) in [5.74, 6) is 0. The van der Waals surface area contributed by atoms with Crippen LogP contribution in [0.25, 0.3) is 0 Å². The average molecular weight is 757 g/mol. The van der Waals surface area contributed by atoms with Crippen LogP contribution in [0.5, 0.6) is 0 Å². The van der Waals surface area contributed by atoms with E-state index in [0.717, 1.165) is 34.6 Å². The topological polar surface area (TPSA) is 149 Å². The Hall–Kier alpha value is -2.17. The minimum atomic E-state index is -3.49. The zero-order valence-corrected chi connectivity index (χ0v) is 29.9. The summed E-state index contributed by atoms with van der Waals surface area (Å²) >= 11 is 6.58. The molecule has 0 aromatic carbocycles. The highest BCUT2D eigenvalue weighted by Crippen LogP contribution is 2.24. The minimum absolute atomic E-state index is 0.229. The van der Waals surface area contributed by atoms with E-state index in [9.17, 15) is 18.0 Å². The van der Waals surface area contributed by atoms with E-state index in [4.69, 9.17) is 13.7 Å². The molecule has 0 bridgehead atoms. The van der Waals surface area contributed by atoms with Crippen LogP contribution < -0.4 is 0 Å². The third-order valence-electron chi connectivity index (χ3n) is 5.80. The van der Waals surface area contributed by atoms with Gasteiger partial charge >= 0.3 is 12.2 Å². The molecule has 0 spiro atoms. The first-order valence-electron chi connectivity index (χ1n) is 14.0. The predicted octanol–water partition coefficient (Wildman–Crippen LogP) is 5.75. The number of carbonyl (C=O) groups excluding carboxylic acids is 2. The molecule has 2 aliphatic heterocycles. The maximum Gasteiger partial charge on any atom is 0.410 e. The maximum atomic E-state index is 12.1. The van der Waals surface area contributed by atoms with Crippen molar-refractivity contribution >= 4 is 54.2 Å². The normalized spacial score (nSPS) is 19.4. The number of likely N-dealkylation sites (tertiary alicyclic amines) is 2. The monoisotopic (exact) mass is 754 g/mol. The predicted molar refractivity (Wildman–Crippen MR) is 169 cm³/mol. The van der Waals surface area contributed by atoms with Gasteiger partial charge in [-0.1, -0.05) is 0 Å². The van der Waals surface area contributed by atoms with Gasteiger partial charge in [0.2, 0.25) is 0 Å². The number of aromatic amines is 1. The molecule has 2 aromatic heterocycles. The Balaban J connectivity index is 0.000000252. The van der Waals surface area contributed by atoms with Crippen LogP contribution in [-0.4, -0.2) is 100 Å². The van der Waals surface area contributed by atoms with Crippen molar-refractivity contribution in [3.05, 3.63) is 33.7 Å². The van der Waals surface area contributed by atoms with Crippen molar-refractivity contribution in [3.63, 3.8) is 0 Å². The summed E-state index contributed by atoms with van der Waals surface area (Å²) in [7, 11) is -3.49. The van der Waals surface area contributed by atoms with Crippen molar-refractivity contribution in [1.82, 2.24) is 29.8 Å². The second kappa shape index (κ2) is 16.2. The Kier molecular flexibility index (Phi) is 14.0. The van der Waals surface area contributed by atoms with Crippen LogP contribution in [0.3, 0.4) is 0 Å². The lowest BCUT2D eigenvalue weighted by atomic mass is 10.1. The number of nitrogens with one attached hydrogen (secondary N) is 1. The molecule has 43 heavy (non-hydrogen) atoms. The molecule has 2 aliphatic rings. The highest BCUT2D eigenvalue weighted by atomic mass is 79.9. The summed E-state index contributed by atoms with van der Waals surface area (Å²) in [5, 5.41) is 10.6. The van der Waals surface area contributed by atoms with E-state index in [1.807, 2.05) is 31.6 Å². The SMILES string of the molecule is Brc1cn[nH]c1.CC(C)(C)OC(=O)N1CCCC(OS(C)(=O)=O)C1.CC(C)(C)OC(=O)N1CCCC(n2cc(Br)cn2)C1. The molecular weight excluding hydrogens is 712 g/mol. The number of H-pyrrole nitrogens is 1. The molecule has 13 nitrogen and oxygen atoms in total. The first kappa shape index (κ1) is 37.0. The number of hydrogen-bond acceptors (Lipinski definition) is 9. The molecule has 2 aromatic rings. The highest BCUT2D eigenvalue weighted by molar-refractivity contribution is 9.10. The number of ether oxygens (including phenoxy) is 2. The van der Waals surface area contributed by atoms with E-state index in [0.29, 0.717) is 25.9 Å². The van der Waals surface area contributed by atoms with Crippen LogP contribution in [-0.2, 0) is 23.8 Å². The average Bonchev–Trinajstić information content (AvgIpc) is 3.53. The van der Waals surface area contributed by atoms with Crippen LogP contribution in [0.4, 0.5) is 9.59 Å². The number of halogens is 2. The van der Waals surface area contributed by atoms with Gasteiger partial charge in [-0.05, 0) is 99.1 Å². The third kappa shape index (κ3) is 15.4. The number of amides is 2. The largest absolute Gasteiger partial charge is 0.444 e. The molecule has 2 unspecified atom stereocenters. The lowest BCUT2D eigenvalue weighted by molar-refractivity contribution is 0.00844. The number of aromatic nitrogens is 4. The van der Waals surface area contributed by atoms with Gasteiger partial charge in [0.05, 0.1) is 46.3 Å². The number of piperidine rings is 2. The first-order chi connectivity index (χ1) is 19.8. The van der Waals surface area contributed by atoms with Crippen molar-refractivity contribution in [3.8, 4) is 0 Å². The molecule has 2 amide bonds. The van der Waals surface area contributed by atoms with E-state index >= 15 is 0 Å². The van der Waals surface area contributed by atoms with Gasteiger partial charge in [0.15, 0.2) is 0 Å². The minimum Gasteiger partial charge on any atom is -0.444 e. The molecular formula is C27H44Br2N6O7S. The molecule has 0 radical (unpaired) electrons. The van der Waals surface area contributed by atoms with E-state index < -0.39 is 33.5 Å². The lowest BCUT2D eigenvalue weighted by Crippen LogP contribution is -2.45. The second-order valence-electron chi connectivity index (χ2n) is 12.3. The smallest absolute Gasteiger partial charge is 0.410 e. The van der Waals surface area contributed by atoms with Gasteiger partial charge in [-0.3, -0.25) is 14.0 Å². The van der Waals surface area contributed by atoms with E-state index in [1.165, 1.54) is 4.90 Å². The van der Waals surface area contributed by atoms with Crippen molar-refractivity contribution in [2.45, 2.75) is 90.6 Å². The van der Waals surface area contributed by atoms with Crippen molar-refractivity contribution in [2.24, 2.45) is 0 Å². The molecule has 4 heterocycles. The van der Waals surface area contributed by atoms with Crippen LogP contribution >= 0.6 is 31.9 Å². The summed E-state index contributed by atoms with van der Waals surface area (Å²) in [5.41, 5.74) is -1.000. The second-order valence-corrected chi connectivity index (χ2v) is 15.7. The highest BCUT2D eigenvalue weighted by Gasteiger charge is 2.30. The van der Waals surface area contributed by atoms with Crippen molar-refractivity contribution < 1.29 is 31.7 Å². The molecule has 1 N–H and O–H groups in total. The van der Waals surface area contributed by atoms with E-state index in [2.05, 4.69) is 47.2 Å². The van der Waals surface area contributed by atoms with Gasteiger partial charge in [0.1, 0.15) is 11.2 Å². The Morgan fingerprint density at radius 1 is 0.907 bits per heavy atom. The lowest BCUT2D eigenvalue weighted by Gasteiger charge is -2.34. The molecule has 4 rings (SSSR count). The quantitative estimate of drug-likeness (QED) is 0.387. The summed E-state index contributed by atoms with van der Waals surface area (Å²) in [6, 6.07) is 0.229.